The average Bonchev–Trinajstić information content (AvgIpc) is 3.46. The Labute approximate surface area is 217 Å². The third kappa shape index (κ3) is 5.54. The summed E-state index contributed by atoms with van der Waals surface area (Å²) in [6, 6.07) is 28.7. The van der Waals surface area contributed by atoms with E-state index < -0.39 is 0 Å². The zero-order valence-electron chi connectivity index (χ0n) is 18.5. The maximum Gasteiger partial charge on any atom is 0.267 e. The van der Waals surface area contributed by atoms with Crippen LogP contribution in [0.3, 0.4) is 0 Å². The smallest absolute Gasteiger partial charge is 0.267 e. The first kappa shape index (κ1) is 23.5. The van der Waals surface area contributed by atoms with Crippen LogP contribution in [-0.2, 0) is 17.9 Å². The van der Waals surface area contributed by atoms with Crippen LogP contribution in [0.1, 0.15) is 16.9 Å². The summed E-state index contributed by atoms with van der Waals surface area (Å²) in [6.45, 7) is 0.937. The normalized spacial score (nSPS) is 15.9. The van der Waals surface area contributed by atoms with E-state index in [1.54, 1.807) is 29.2 Å². The molecule has 174 valence electrons. The predicted molar refractivity (Wildman–Crippen MR) is 144 cm³/mol. The van der Waals surface area contributed by atoms with E-state index >= 15 is 0 Å². The highest BCUT2D eigenvalue weighted by molar-refractivity contribution is 8.18. The van der Waals surface area contributed by atoms with Gasteiger partial charge in [0.2, 0.25) is 0 Å². The SMILES string of the molecule is O=C1/C(=C/c2ccc(-c3cc(Cl)ccc3Cl)o2)SC(=NCc2ccccc2)N1Cc1ccccc1. The van der Waals surface area contributed by atoms with E-state index in [0.29, 0.717) is 50.3 Å². The van der Waals surface area contributed by atoms with Gasteiger partial charge in [0.15, 0.2) is 5.17 Å². The van der Waals surface area contributed by atoms with Gasteiger partial charge in [-0.3, -0.25) is 14.7 Å². The summed E-state index contributed by atoms with van der Waals surface area (Å²) in [5, 5.41) is 1.77. The van der Waals surface area contributed by atoms with Gasteiger partial charge in [-0.05, 0) is 53.2 Å². The van der Waals surface area contributed by atoms with Crippen LogP contribution >= 0.6 is 35.0 Å². The van der Waals surface area contributed by atoms with Crippen molar-refractivity contribution in [2.75, 3.05) is 0 Å². The molecule has 1 fully saturated rings. The third-order valence-electron chi connectivity index (χ3n) is 5.41. The van der Waals surface area contributed by atoms with E-state index in [1.807, 2.05) is 72.8 Å². The van der Waals surface area contributed by atoms with Gasteiger partial charge < -0.3 is 4.42 Å². The Kier molecular flexibility index (Phi) is 7.09. The molecule has 0 bridgehead atoms. The van der Waals surface area contributed by atoms with Gasteiger partial charge in [-0.25, -0.2) is 0 Å². The number of aliphatic imine (C=N–C) groups is 1. The Balaban J connectivity index is 1.43. The Morgan fingerprint density at radius 3 is 2.34 bits per heavy atom. The fourth-order valence-electron chi connectivity index (χ4n) is 3.66. The molecule has 1 saturated heterocycles. The highest BCUT2D eigenvalue weighted by atomic mass is 35.5. The van der Waals surface area contributed by atoms with Crippen LogP contribution in [0.5, 0.6) is 0 Å². The van der Waals surface area contributed by atoms with Crippen molar-refractivity contribution in [2.24, 2.45) is 4.99 Å². The molecule has 35 heavy (non-hydrogen) atoms. The number of carbonyl (C=O) groups excluding carboxylic acids is 1. The summed E-state index contributed by atoms with van der Waals surface area (Å²) < 4.78 is 5.99. The maximum absolute atomic E-state index is 13.4. The Hall–Kier alpha value is -3.25. The predicted octanol–water partition coefficient (Wildman–Crippen LogP) is 7.93. The summed E-state index contributed by atoms with van der Waals surface area (Å²) in [7, 11) is 0. The van der Waals surface area contributed by atoms with E-state index in [4.69, 9.17) is 32.6 Å². The van der Waals surface area contributed by atoms with Crippen LogP contribution in [0.25, 0.3) is 17.4 Å². The van der Waals surface area contributed by atoms with Crippen LogP contribution in [0.2, 0.25) is 10.0 Å². The minimum atomic E-state index is -0.107. The molecule has 0 atom stereocenters. The molecule has 4 aromatic rings. The highest BCUT2D eigenvalue weighted by Crippen LogP contribution is 2.36. The van der Waals surface area contributed by atoms with Crippen LogP contribution in [0.4, 0.5) is 0 Å². The number of amidine groups is 1. The van der Waals surface area contributed by atoms with E-state index in [0.717, 1.165) is 11.1 Å². The number of amides is 1. The first-order chi connectivity index (χ1) is 17.1. The van der Waals surface area contributed by atoms with Crippen molar-refractivity contribution in [1.29, 1.82) is 0 Å². The number of hydrogen-bond donors (Lipinski definition) is 0. The number of halogens is 2. The molecular formula is C28H20Cl2N2O2S. The van der Waals surface area contributed by atoms with E-state index in [1.165, 1.54) is 11.8 Å². The van der Waals surface area contributed by atoms with E-state index in [9.17, 15) is 4.79 Å². The summed E-state index contributed by atoms with van der Waals surface area (Å²) in [4.78, 5) is 20.4. The molecule has 1 amide bonds. The number of thioether (sulfide) groups is 1. The van der Waals surface area contributed by atoms with Gasteiger partial charge in [-0.15, -0.1) is 0 Å². The molecule has 0 radical (unpaired) electrons. The molecule has 0 aliphatic carbocycles. The van der Waals surface area contributed by atoms with Gasteiger partial charge >= 0.3 is 0 Å². The number of rotatable bonds is 6. The third-order valence-corrected chi connectivity index (χ3v) is 7.01. The molecule has 3 aromatic carbocycles. The van der Waals surface area contributed by atoms with Crippen LogP contribution in [-0.4, -0.2) is 16.0 Å². The molecule has 1 aliphatic rings. The van der Waals surface area contributed by atoms with Crippen molar-refractivity contribution in [2.45, 2.75) is 13.1 Å². The molecule has 4 nitrogen and oxygen atoms in total. The van der Waals surface area contributed by atoms with Crippen molar-refractivity contribution < 1.29 is 9.21 Å². The number of nitrogens with zero attached hydrogens (tertiary/aromatic N) is 2. The van der Waals surface area contributed by atoms with Gasteiger partial charge in [0, 0.05) is 16.7 Å². The van der Waals surface area contributed by atoms with Gasteiger partial charge in [-0.2, -0.15) is 0 Å². The minimum Gasteiger partial charge on any atom is -0.457 e. The summed E-state index contributed by atoms with van der Waals surface area (Å²) >= 11 is 13.8. The van der Waals surface area contributed by atoms with Crippen molar-refractivity contribution in [3.63, 3.8) is 0 Å². The Morgan fingerprint density at radius 2 is 1.60 bits per heavy atom. The lowest BCUT2D eigenvalue weighted by atomic mass is 10.2. The zero-order chi connectivity index (χ0) is 24.2. The fourth-order valence-corrected chi connectivity index (χ4v) is 5.00. The van der Waals surface area contributed by atoms with Crippen LogP contribution in [0.15, 0.2) is 105 Å². The summed E-state index contributed by atoms with van der Waals surface area (Å²) in [6.07, 6.45) is 1.75. The zero-order valence-corrected chi connectivity index (χ0v) is 20.9. The summed E-state index contributed by atoms with van der Waals surface area (Å²) in [5.41, 5.74) is 2.82. The molecule has 0 saturated carbocycles. The van der Waals surface area contributed by atoms with Crippen molar-refractivity contribution >= 4 is 52.1 Å². The lowest BCUT2D eigenvalue weighted by molar-refractivity contribution is -0.122. The topological polar surface area (TPSA) is 45.8 Å². The Morgan fingerprint density at radius 1 is 0.886 bits per heavy atom. The molecule has 2 heterocycles. The van der Waals surface area contributed by atoms with Gasteiger partial charge in [0.1, 0.15) is 11.5 Å². The molecular weight excluding hydrogens is 499 g/mol. The molecule has 0 N–H and O–H groups in total. The first-order valence-corrected chi connectivity index (χ1v) is 12.5. The molecule has 0 spiro atoms. The molecule has 0 unspecified atom stereocenters. The molecule has 7 heteroatoms. The Bertz CT molecular complexity index is 1420. The molecule has 1 aliphatic heterocycles. The average molecular weight is 519 g/mol. The van der Waals surface area contributed by atoms with Gasteiger partial charge in [0.05, 0.1) is 23.0 Å². The van der Waals surface area contributed by atoms with Gasteiger partial charge in [-0.1, -0.05) is 83.9 Å². The number of hydrogen-bond acceptors (Lipinski definition) is 4. The lowest BCUT2D eigenvalue weighted by Gasteiger charge is -2.15. The summed E-state index contributed by atoms with van der Waals surface area (Å²) in [5.74, 6) is 1.03. The number of furan rings is 1. The maximum atomic E-state index is 13.4. The highest BCUT2D eigenvalue weighted by Gasteiger charge is 2.33. The standard InChI is InChI=1S/C28H20Cl2N2O2S/c29-21-11-13-24(30)23(15-21)25-14-12-22(34-25)16-26-27(33)32(18-20-9-5-2-6-10-20)28(35-26)31-17-19-7-3-1-4-8-19/h1-16H,17-18H2/b26-16-,31-28?. The van der Waals surface area contributed by atoms with Crippen LogP contribution < -0.4 is 0 Å². The van der Waals surface area contributed by atoms with E-state index in [-0.39, 0.29) is 5.91 Å². The van der Waals surface area contributed by atoms with Crippen molar-refractivity contribution in [3.8, 4) is 11.3 Å². The van der Waals surface area contributed by atoms with Crippen molar-refractivity contribution in [3.05, 3.63) is 123 Å². The number of benzene rings is 3. The minimum absolute atomic E-state index is 0.107. The fraction of sp³-hybridized carbons (Fsp3) is 0.0714. The second-order valence-corrected chi connectivity index (χ2v) is 9.75. The lowest BCUT2D eigenvalue weighted by Crippen LogP contribution is -2.28. The van der Waals surface area contributed by atoms with E-state index in [2.05, 4.69) is 0 Å². The quantitative estimate of drug-likeness (QED) is 0.243. The van der Waals surface area contributed by atoms with Crippen molar-refractivity contribution in [1.82, 2.24) is 4.90 Å². The van der Waals surface area contributed by atoms with Crippen LogP contribution in [0, 0.1) is 0 Å². The molecule has 5 rings (SSSR count). The van der Waals surface area contributed by atoms with Gasteiger partial charge in [0.25, 0.3) is 5.91 Å². The largest absolute Gasteiger partial charge is 0.457 e. The second kappa shape index (κ2) is 10.6. The first-order valence-electron chi connectivity index (χ1n) is 11.0. The monoisotopic (exact) mass is 518 g/mol. The second-order valence-electron chi connectivity index (χ2n) is 7.90. The number of carbonyl (C=O) groups is 1. The molecule has 1 aromatic heterocycles.